The maximum Gasteiger partial charge on any atom is 0.0515 e. The van der Waals surface area contributed by atoms with E-state index in [0.29, 0.717) is 6.04 Å². The van der Waals surface area contributed by atoms with Crippen LogP contribution in [-0.2, 0) is 19.4 Å². The molecule has 3 aromatic rings. The number of likely N-dealkylation sites (N-methyl/N-ethyl adjacent to an activating group) is 1. The third-order valence-corrected chi connectivity index (χ3v) is 5.92. The van der Waals surface area contributed by atoms with Crippen LogP contribution < -0.4 is 0 Å². The summed E-state index contributed by atoms with van der Waals surface area (Å²) >= 11 is 0. The first-order valence-corrected chi connectivity index (χ1v) is 9.42. The van der Waals surface area contributed by atoms with Gasteiger partial charge in [0.05, 0.1) is 5.52 Å². The molecule has 1 aromatic heterocycles. The second-order valence-electron chi connectivity index (χ2n) is 7.63. The van der Waals surface area contributed by atoms with E-state index in [1.54, 1.807) is 11.3 Å². The highest BCUT2D eigenvalue weighted by atomic mass is 15.1. The monoisotopic (exact) mass is 332 g/mol. The third kappa shape index (κ3) is 2.79. The summed E-state index contributed by atoms with van der Waals surface area (Å²) in [6.07, 6.45) is 2.24. The first-order valence-electron chi connectivity index (χ1n) is 9.42. The van der Waals surface area contributed by atoms with Gasteiger partial charge < -0.3 is 4.57 Å². The van der Waals surface area contributed by atoms with Gasteiger partial charge in [-0.3, -0.25) is 4.90 Å². The Morgan fingerprint density at radius 3 is 2.68 bits per heavy atom. The minimum absolute atomic E-state index is 0.494. The van der Waals surface area contributed by atoms with Gasteiger partial charge in [-0.2, -0.15) is 0 Å². The second-order valence-corrected chi connectivity index (χ2v) is 7.63. The molecule has 2 aromatic carbocycles. The summed E-state index contributed by atoms with van der Waals surface area (Å²) < 4.78 is 2.62. The summed E-state index contributed by atoms with van der Waals surface area (Å²) in [5.41, 5.74) is 8.74. The lowest BCUT2D eigenvalue weighted by molar-refractivity contribution is 0.245. The summed E-state index contributed by atoms with van der Waals surface area (Å²) in [7, 11) is 2.25. The molecule has 0 amide bonds. The summed E-state index contributed by atoms with van der Waals surface area (Å²) in [6.45, 7) is 9.00. The highest BCUT2D eigenvalue weighted by molar-refractivity contribution is 5.89. The maximum atomic E-state index is 2.62. The van der Waals surface area contributed by atoms with Gasteiger partial charge in [0.15, 0.2) is 0 Å². The average Bonchev–Trinajstić information content (AvgIpc) is 2.92. The molecular formula is C23H28N2. The summed E-state index contributed by atoms with van der Waals surface area (Å²) in [4.78, 5) is 2.48. The lowest BCUT2D eigenvalue weighted by Gasteiger charge is -2.31. The van der Waals surface area contributed by atoms with E-state index in [-0.39, 0.29) is 0 Å². The molecule has 130 valence electrons. The van der Waals surface area contributed by atoms with Gasteiger partial charge in [0, 0.05) is 36.6 Å². The Hall–Kier alpha value is -2.06. The molecule has 2 heteroatoms. The van der Waals surface area contributed by atoms with Crippen LogP contribution in [0.1, 0.15) is 40.9 Å². The minimum atomic E-state index is 0.494. The molecule has 1 unspecified atom stereocenters. The Morgan fingerprint density at radius 2 is 1.88 bits per heavy atom. The fourth-order valence-electron chi connectivity index (χ4n) is 4.46. The van der Waals surface area contributed by atoms with E-state index in [2.05, 4.69) is 79.8 Å². The van der Waals surface area contributed by atoms with E-state index in [4.69, 9.17) is 0 Å². The highest BCUT2D eigenvalue weighted by Gasteiger charge is 2.28. The molecule has 25 heavy (non-hydrogen) atoms. The van der Waals surface area contributed by atoms with Crippen molar-refractivity contribution in [2.45, 2.75) is 46.2 Å². The molecule has 0 fully saturated rings. The lowest BCUT2D eigenvalue weighted by atomic mass is 9.97. The standard InChI is InChI=1S/C23H28N2/c1-16-7-5-9-19(15-16)11-14-25-21-12-13-24(4)18(3)22(21)20-10-6-8-17(2)23(20)25/h5-10,15,18H,11-14H2,1-4H3. The molecule has 4 rings (SSSR count). The summed E-state index contributed by atoms with van der Waals surface area (Å²) in [6, 6.07) is 16.2. The molecule has 0 radical (unpaired) electrons. The minimum Gasteiger partial charge on any atom is -0.344 e. The third-order valence-electron chi connectivity index (χ3n) is 5.92. The van der Waals surface area contributed by atoms with Crippen LogP contribution in [0.25, 0.3) is 10.9 Å². The Balaban J connectivity index is 1.80. The van der Waals surface area contributed by atoms with Crippen molar-refractivity contribution < 1.29 is 0 Å². The van der Waals surface area contributed by atoms with Crippen LogP contribution in [0.15, 0.2) is 42.5 Å². The van der Waals surface area contributed by atoms with Crippen LogP contribution in [0.4, 0.5) is 0 Å². The number of nitrogens with zero attached hydrogens (tertiary/aromatic N) is 2. The molecule has 1 aliphatic rings. The number of para-hydroxylation sites is 1. The van der Waals surface area contributed by atoms with Crippen molar-refractivity contribution in [2.75, 3.05) is 13.6 Å². The van der Waals surface area contributed by atoms with E-state index in [1.165, 1.54) is 27.6 Å². The Morgan fingerprint density at radius 1 is 1.08 bits per heavy atom. The molecule has 2 heterocycles. The van der Waals surface area contributed by atoms with Crippen molar-refractivity contribution >= 4 is 10.9 Å². The topological polar surface area (TPSA) is 8.17 Å². The number of aromatic nitrogens is 1. The quantitative estimate of drug-likeness (QED) is 0.651. The molecule has 0 saturated heterocycles. The number of hydrogen-bond acceptors (Lipinski definition) is 1. The van der Waals surface area contributed by atoms with Gasteiger partial charge in [0.2, 0.25) is 0 Å². The fourth-order valence-corrected chi connectivity index (χ4v) is 4.46. The first kappa shape index (κ1) is 16.4. The van der Waals surface area contributed by atoms with Crippen LogP contribution in [0, 0.1) is 13.8 Å². The largest absolute Gasteiger partial charge is 0.344 e. The number of hydrogen-bond donors (Lipinski definition) is 0. The molecule has 1 atom stereocenters. The fraction of sp³-hybridized carbons (Fsp3) is 0.391. The van der Waals surface area contributed by atoms with Gasteiger partial charge in [-0.15, -0.1) is 0 Å². The lowest BCUT2D eigenvalue weighted by Crippen LogP contribution is -2.31. The molecule has 1 aliphatic heterocycles. The van der Waals surface area contributed by atoms with Crippen molar-refractivity contribution in [3.63, 3.8) is 0 Å². The van der Waals surface area contributed by atoms with Crippen LogP contribution in [0.2, 0.25) is 0 Å². The number of rotatable bonds is 3. The van der Waals surface area contributed by atoms with E-state index >= 15 is 0 Å². The van der Waals surface area contributed by atoms with Crippen LogP contribution in [0.3, 0.4) is 0 Å². The van der Waals surface area contributed by atoms with Crippen molar-refractivity contribution in [3.8, 4) is 0 Å². The molecule has 0 N–H and O–H groups in total. The van der Waals surface area contributed by atoms with Gasteiger partial charge in [-0.05, 0) is 50.9 Å². The molecule has 0 aliphatic carbocycles. The van der Waals surface area contributed by atoms with E-state index in [0.717, 1.165) is 25.9 Å². The smallest absolute Gasteiger partial charge is 0.0515 e. The van der Waals surface area contributed by atoms with E-state index in [1.807, 2.05) is 0 Å². The molecule has 0 bridgehead atoms. The van der Waals surface area contributed by atoms with Crippen LogP contribution in [0.5, 0.6) is 0 Å². The highest BCUT2D eigenvalue weighted by Crippen LogP contribution is 2.38. The van der Waals surface area contributed by atoms with Gasteiger partial charge in [0.25, 0.3) is 0 Å². The molecule has 0 spiro atoms. The van der Waals surface area contributed by atoms with Gasteiger partial charge in [-0.25, -0.2) is 0 Å². The zero-order chi connectivity index (χ0) is 17.6. The van der Waals surface area contributed by atoms with Gasteiger partial charge in [-0.1, -0.05) is 48.0 Å². The average molecular weight is 332 g/mol. The zero-order valence-electron chi connectivity index (χ0n) is 15.8. The normalized spacial score (nSPS) is 17.8. The Labute approximate surface area is 151 Å². The number of fused-ring (bicyclic) bond motifs is 3. The number of benzene rings is 2. The summed E-state index contributed by atoms with van der Waals surface area (Å²) in [5.74, 6) is 0. The van der Waals surface area contributed by atoms with Crippen LogP contribution in [-0.4, -0.2) is 23.1 Å². The van der Waals surface area contributed by atoms with Gasteiger partial charge in [0.1, 0.15) is 0 Å². The molecule has 2 nitrogen and oxygen atoms in total. The van der Waals surface area contributed by atoms with E-state index in [9.17, 15) is 0 Å². The van der Waals surface area contributed by atoms with Crippen molar-refractivity contribution in [3.05, 3.63) is 70.4 Å². The van der Waals surface area contributed by atoms with Gasteiger partial charge >= 0.3 is 0 Å². The summed E-state index contributed by atoms with van der Waals surface area (Å²) in [5, 5.41) is 1.46. The van der Waals surface area contributed by atoms with Crippen molar-refractivity contribution in [1.82, 2.24) is 9.47 Å². The molecular weight excluding hydrogens is 304 g/mol. The van der Waals surface area contributed by atoms with Crippen molar-refractivity contribution in [1.29, 1.82) is 0 Å². The molecule has 0 saturated carbocycles. The Kier molecular flexibility index (Phi) is 4.16. The maximum absolute atomic E-state index is 2.62. The predicted molar refractivity (Wildman–Crippen MR) is 106 cm³/mol. The first-order chi connectivity index (χ1) is 12.1. The SMILES string of the molecule is Cc1cccc(CCn2c3c(c4cccc(C)c42)C(C)N(C)CC3)c1. The zero-order valence-corrected chi connectivity index (χ0v) is 15.8. The van der Waals surface area contributed by atoms with Crippen molar-refractivity contribution in [2.24, 2.45) is 0 Å². The van der Waals surface area contributed by atoms with Crippen LogP contribution >= 0.6 is 0 Å². The van der Waals surface area contributed by atoms with E-state index < -0.39 is 0 Å². The predicted octanol–water partition coefficient (Wildman–Crippen LogP) is 5.05. The second kappa shape index (κ2) is 6.34. The number of aryl methyl sites for hydroxylation is 4. The Bertz CT molecular complexity index is 919.